The van der Waals surface area contributed by atoms with Crippen LogP contribution in [0, 0.1) is 0 Å². The summed E-state index contributed by atoms with van der Waals surface area (Å²) in [6.07, 6.45) is 2.74. The van der Waals surface area contributed by atoms with E-state index < -0.39 is 0 Å². The van der Waals surface area contributed by atoms with Crippen molar-refractivity contribution in [2.45, 2.75) is 59.2 Å². The molecule has 0 radical (unpaired) electrons. The van der Waals surface area contributed by atoms with E-state index in [0.717, 1.165) is 22.9 Å². The van der Waals surface area contributed by atoms with Crippen LogP contribution in [-0.4, -0.2) is 38.6 Å². The summed E-state index contributed by atoms with van der Waals surface area (Å²) in [6, 6.07) is 7.37. The minimum absolute atomic E-state index is 0.0579. The summed E-state index contributed by atoms with van der Waals surface area (Å²) in [5.74, 6) is 0.601. The summed E-state index contributed by atoms with van der Waals surface area (Å²) in [7, 11) is 0. The first-order chi connectivity index (χ1) is 14.2. The van der Waals surface area contributed by atoms with Crippen molar-refractivity contribution < 1.29 is 4.79 Å². The molecule has 0 atom stereocenters. The van der Waals surface area contributed by atoms with Gasteiger partial charge in [-0.25, -0.2) is 4.98 Å². The largest absolute Gasteiger partial charge is 0.360 e. The average molecular weight is 408 g/mol. The number of carbonyl (C=O) groups excluding carboxylic acids is 1. The number of benzene rings is 1. The van der Waals surface area contributed by atoms with Gasteiger partial charge in [0.25, 0.3) is 11.5 Å². The summed E-state index contributed by atoms with van der Waals surface area (Å²) in [4.78, 5) is 35.7. The van der Waals surface area contributed by atoms with Crippen LogP contribution in [0.3, 0.4) is 0 Å². The number of aromatic amines is 1. The molecule has 3 heterocycles. The molecule has 2 aromatic heterocycles. The van der Waals surface area contributed by atoms with Gasteiger partial charge in [0, 0.05) is 46.9 Å². The Hall–Kier alpha value is -3.09. The molecule has 7 heteroatoms. The van der Waals surface area contributed by atoms with Crippen LogP contribution in [0.5, 0.6) is 0 Å². The predicted octanol–water partition coefficient (Wildman–Crippen LogP) is 3.54. The zero-order chi connectivity index (χ0) is 21.6. The molecule has 3 aromatic rings. The number of H-pyrrole nitrogens is 1. The molecule has 4 rings (SSSR count). The molecule has 1 aliphatic rings. The Morgan fingerprint density at radius 3 is 2.77 bits per heavy atom. The van der Waals surface area contributed by atoms with Gasteiger partial charge in [-0.1, -0.05) is 6.92 Å². The molecule has 0 unspecified atom stereocenters. The van der Waals surface area contributed by atoms with Crippen molar-refractivity contribution in [1.29, 1.82) is 0 Å². The zero-order valence-electron chi connectivity index (χ0n) is 18.2. The van der Waals surface area contributed by atoms with E-state index in [-0.39, 0.29) is 23.0 Å². The number of rotatable bonds is 5. The summed E-state index contributed by atoms with van der Waals surface area (Å²) >= 11 is 0. The SMILES string of the molecule is CCCNC(=O)c1ccc2[nH]cc(-c3cc(=O)n4c(n3)N(C(C)C)C(C)(C)C4)c2c1. The van der Waals surface area contributed by atoms with Crippen LogP contribution >= 0.6 is 0 Å². The van der Waals surface area contributed by atoms with Crippen molar-refractivity contribution in [2.75, 3.05) is 11.4 Å². The number of hydrogen-bond acceptors (Lipinski definition) is 4. The van der Waals surface area contributed by atoms with E-state index in [9.17, 15) is 9.59 Å². The number of amides is 1. The Kier molecular flexibility index (Phi) is 4.92. The van der Waals surface area contributed by atoms with Gasteiger partial charge < -0.3 is 15.2 Å². The standard InChI is InChI=1S/C23H29N5O2/c1-6-9-24-21(30)15-7-8-18-16(10-15)17(12-25-18)19-11-20(29)27-13-23(4,5)28(14(2)3)22(27)26-19/h7-8,10-12,14,25H,6,9,13H2,1-5H3,(H,24,30). The van der Waals surface area contributed by atoms with Crippen molar-refractivity contribution in [3.8, 4) is 11.3 Å². The molecule has 0 fully saturated rings. The van der Waals surface area contributed by atoms with Crippen LogP contribution in [0.2, 0.25) is 0 Å². The smallest absolute Gasteiger partial charge is 0.255 e. The van der Waals surface area contributed by atoms with Crippen molar-refractivity contribution in [3.05, 3.63) is 46.4 Å². The number of nitrogens with zero attached hydrogens (tertiary/aromatic N) is 3. The number of nitrogens with one attached hydrogen (secondary N) is 2. The van der Waals surface area contributed by atoms with Gasteiger partial charge in [-0.3, -0.25) is 14.2 Å². The minimum atomic E-state index is -0.184. The number of hydrogen-bond donors (Lipinski definition) is 2. The van der Waals surface area contributed by atoms with Gasteiger partial charge in [0.15, 0.2) is 0 Å². The van der Waals surface area contributed by atoms with Gasteiger partial charge >= 0.3 is 0 Å². The second-order valence-electron chi connectivity index (χ2n) is 8.86. The lowest BCUT2D eigenvalue weighted by Gasteiger charge is -2.35. The Morgan fingerprint density at radius 1 is 1.30 bits per heavy atom. The molecule has 7 nitrogen and oxygen atoms in total. The first-order valence-corrected chi connectivity index (χ1v) is 10.5. The van der Waals surface area contributed by atoms with Gasteiger partial charge in [0.1, 0.15) is 0 Å². The van der Waals surface area contributed by atoms with Crippen LogP contribution in [0.4, 0.5) is 5.95 Å². The molecule has 1 amide bonds. The Balaban J connectivity index is 1.82. The van der Waals surface area contributed by atoms with Crippen LogP contribution < -0.4 is 15.8 Å². The van der Waals surface area contributed by atoms with Gasteiger partial charge in [0.2, 0.25) is 5.95 Å². The lowest BCUT2D eigenvalue weighted by molar-refractivity contribution is 0.0954. The molecule has 0 saturated carbocycles. The maximum atomic E-state index is 12.9. The molecule has 0 bridgehead atoms. The number of fused-ring (bicyclic) bond motifs is 2. The molecule has 30 heavy (non-hydrogen) atoms. The first-order valence-electron chi connectivity index (χ1n) is 10.5. The molecule has 1 aliphatic heterocycles. The summed E-state index contributed by atoms with van der Waals surface area (Å²) < 4.78 is 1.75. The van der Waals surface area contributed by atoms with E-state index >= 15 is 0 Å². The van der Waals surface area contributed by atoms with Gasteiger partial charge in [-0.05, 0) is 52.3 Å². The van der Waals surface area contributed by atoms with Gasteiger partial charge in [0.05, 0.1) is 17.8 Å². The fourth-order valence-electron chi connectivity index (χ4n) is 4.44. The van der Waals surface area contributed by atoms with Crippen molar-refractivity contribution in [1.82, 2.24) is 19.9 Å². The van der Waals surface area contributed by atoms with Gasteiger partial charge in [-0.2, -0.15) is 0 Å². The lowest BCUT2D eigenvalue weighted by atomic mass is 10.0. The van der Waals surface area contributed by atoms with Crippen LogP contribution in [-0.2, 0) is 6.54 Å². The first kappa shape index (κ1) is 20.2. The quantitative estimate of drug-likeness (QED) is 0.678. The third-order valence-corrected chi connectivity index (χ3v) is 5.67. The Labute approximate surface area is 176 Å². The zero-order valence-corrected chi connectivity index (χ0v) is 18.2. The summed E-state index contributed by atoms with van der Waals surface area (Å²) in [5.41, 5.74) is 2.70. The maximum Gasteiger partial charge on any atom is 0.255 e. The lowest BCUT2D eigenvalue weighted by Crippen LogP contribution is -2.45. The Bertz CT molecular complexity index is 1170. The van der Waals surface area contributed by atoms with E-state index in [0.29, 0.717) is 30.3 Å². The van der Waals surface area contributed by atoms with Crippen molar-refractivity contribution in [2.24, 2.45) is 0 Å². The van der Waals surface area contributed by atoms with Crippen molar-refractivity contribution in [3.63, 3.8) is 0 Å². The summed E-state index contributed by atoms with van der Waals surface area (Å²) in [6.45, 7) is 11.8. The second-order valence-corrected chi connectivity index (χ2v) is 8.86. The number of carbonyl (C=O) groups is 1. The van der Waals surface area contributed by atoms with Crippen LogP contribution in [0.1, 0.15) is 51.4 Å². The summed E-state index contributed by atoms with van der Waals surface area (Å²) in [5, 5.41) is 3.79. The Morgan fingerprint density at radius 2 is 2.07 bits per heavy atom. The van der Waals surface area contributed by atoms with Crippen molar-refractivity contribution >= 4 is 22.8 Å². The topological polar surface area (TPSA) is 83.0 Å². The van der Waals surface area contributed by atoms with Gasteiger partial charge in [-0.15, -0.1) is 0 Å². The minimum Gasteiger partial charge on any atom is -0.360 e. The molecule has 2 N–H and O–H groups in total. The second kappa shape index (κ2) is 7.31. The van der Waals surface area contributed by atoms with E-state index in [1.807, 2.05) is 31.3 Å². The molecule has 0 spiro atoms. The number of anilines is 1. The monoisotopic (exact) mass is 407 g/mol. The molecule has 158 valence electrons. The molecule has 0 saturated heterocycles. The predicted molar refractivity (Wildman–Crippen MR) is 120 cm³/mol. The third kappa shape index (κ3) is 3.28. The fraction of sp³-hybridized carbons (Fsp3) is 0.435. The van der Waals surface area contributed by atoms with Crippen LogP contribution in [0.15, 0.2) is 35.3 Å². The van der Waals surface area contributed by atoms with E-state index in [1.165, 1.54) is 0 Å². The molecule has 1 aromatic carbocycles. The highest BCUT2D eigenvalue weighted by atomic mass is 16.1. The maximum absolute atomic E-state index is 12.9. The third-order valence-electron chi connectivity index (χ3n) is 5.67. The van der Waals surface area contributed by atoms with Crippen LogP contribution in [0.25, 0.3) is 22.2 Å². The molecular formula is C23H29N5O2. The highest BCUT2D eigenvalue weighted by molar-refractivity contribution is 6.02. The highest BCUT2D eigenvalue weighted by Gasteiger charge is 2.39. The van der Waals surface area contributed by atoms with E-state index in [2.05, 4.69) is 42.9 Å². The van der Waals surface area contributed by atoms with E-state index in [1.54, 1.807) is 10.6 Å². The average Bonchev–Trinajstić information content (AvgIpc) is 3.22. The highest BCUT2D eigenvalue weighted by Crippen LogP contribution is 2.35. The number of aromatic nitrogens is 3. The normalized spacial score (nSPS) is 15.1. The molecular weight excluding hydrogens is 378 g/mol. The fourth-order valence-corrected chi connectivity index (χ4v) is 4.44. The van der Waals surface area contributed by atoms with E-state index in [4.69, 9.17) is 4.98 Å². The molecule has 0 aliphatic carbocycles.